The molecular weight excluding hydrogens is 185 g/mol. The molecule has 0 bridgehead atoms. The van der Waals surface area contributed by atoms with Gasteiger partial charge in [0, 0.05) is 0 Å². The van der Waals surface area contributed by atoms with Crippen molar-refractivity contribution < 1.29 is 13.9 Å². The number of alkyl carbamates (subject to hydrolysis) is 1. The third-order valence-corrected chi connectivity index (χ3v) is 2.20. The van der Waals surface area contributed by atoms with Crippen molar-refractivity contribution in [1.82, 2.24) is 5.32 Å². The molecule has 1 saturated carbocycles. The molecule has 0 spiro atoms. The lowest BCUT2D eigenvalue weighted by Gasteiger charge is -2.33. The van der Waals surface area contributed by atoms with Crippen LogP contribution in [0.2, 0.25) is 0 Å². The number of carbonyl (C=O) groups is 1. The molecule has 0 saturated heterocycles. The zero-order chi connectivity index (χ0) is 10.8. The van der Waals surface area contributed by atoms with Gasteiger partial charge in [-0.25, -0.2) is 9.18 Å². The highest BCUT2D eigenvalue weighted by atomic mass is 19.1. The van der Waals surface area contributed by atoms with Crippen LogP contribution in [0.4, 0.5) is 9.18 Å². The fraction of sp³-hybridized carbons (Fsp3) is 0.900. The first kappa shape index (κ1) is 11.3. The Morgan fingerprint density at radius 2 is 2.07 bits per heavy atom. The molecule has 82 valence electrons. The highest BCUT2D eigenvalue weighted by Gasteiger charge is 2.37. The molecule has 0 aromatic heterocycles. The quantitative estimate of drug-likeness (QED) is 0.748. The molecule has 1 rings (SSSR count). The van der Waals surface area contributed by atoms with Crippen LogP contribution in [0, 0.1) is 0 Å². The maximum atomic E-state index is 13.4. The summed E-state index contributed by atoms with van der Waals surface area (Å²) < 4.78 is 18.4. The molecule has 0 aromatic carbocycles. The molecule has 3 nitrogen and oxygen atoms in total. The van der Waals surface area contributed by atoms with Crippen LogP contribution in [0.3, 0.4) is 0 Å². The Morgan fingerprint density at radius 3 is 2.43 bits per heavy atom. The number of amides is 1. The molecule has 1 amide bonds. The van der Waals surface area contributed by atoms with Gasteiger partial charge in [-0.05, 0) is 40.0 Å². The summed E-state index contributed by atoms with van der Waals surface area (Å²) >= 11 is 0. The molecule has 0 aliphatic heterocycles. The lowest BCUT2D eigenvalue weighted by atomic mass is 9.82. The van der Waals surface area contributed by atoms with Crippen LogP contribution < -0.4 is 5.32 Å². The van der Waals surface area contributed by atoms with E-state index in [0.29, 0.717) is 12.8 Å². The summed E-state index contributed by atoms with van der Waals surface area (Å²) in [6.07, 6.45) is 1.46. The van der Waals surface area contributed by atoms with Crippen molar-refractivity contribution in [3.8, 4) is 0 Å². The van der Waals surface area contributed by atoms with Crippen LogP contribution >= 0.6 is 0 Å². The number of hydrogen-bond donors (Lipinski definition) is 1. The van der Waals surface area contributed by atoms with E-state index >= 15 is 0 Å². The summed E-state index contributed by atoms with van der Waals surface area (Å²) in [5.41, 5.74) is -1.70. The number of ether oxygens (including phenoxy) is 1. The van der Waals surface area contributed by atoms with Crippen molar-refractivity contribution in [3.05, 3.63) is 0 Å². The van der Waals surface area contributed by atoms with E-state index in [1.54, 1.807) is 20.8 Å². The summed E-state index contributed by atoms with van der Waals surface area (Å²) in [4.78, 5) is 11.1. The average Bonchev–Trinajstić information content (AvgIpc) is 1.94. The summed E-state index contributed by atoms with van der Waals surface area (Å²) in [6, 6.07) is 0. The number of hydrogen-bond acceptors (Lipinski definition) is 2. The van der Waals surface area contributed by atoms with Gasteiger partial charge in [-0.2, -0.15) is 0 Å². The van der Waals surface area contributed by atoms with Crippen LogP contribution in [0.1, 0.15) is 40.0 Å². The standard InChI is InChI=1S/C10H18FNO2/c1-9(2,3)14-8(13)12-7-10(11)5-4-6-10/h4-7H2,1-3H3,(H,12,13). The summed E-state index contributed by atoms with van der Waals surface area (Å²) in [6.45, 7) is 5.41. The van der Waals surface area contributed by atoms with E-state index in [9.17, 15) is 9.18 Å². The van der Waals surface area contributed by atoms with Gasteiger partial charge in [0.15, 0.2) is 0 Å². The topological polar surface area (TPSA) is 38.3 Å². The van der Waals surface area contributed by atoms with Gasteiger partial charge in [-0.3, -0.25) is 0 Å². The second kappa shape index (κ2) is 3.75. The molecule has 0 aromatic rings. The second-order valence-corrected chi connectivity index (χ2v) is 4.86. The van der Waals surface area contributed by atoms with Crippen molar-refractivity contribution in [2.24, 2.45) is 0 Å². The fourth-order valence-electron chi connectivity index (χ4n) is 1.28. The van der Waals surface area contributed by atoms with Crippen LogP contribution in [0.15, 0.2) is 0 Å². The predicted octanol–water partition coefficient (Wildman–Crippen LogP) is 2.40. The first-order valence-corrected chi connectivity index (χ1v) is 4.97. The van der Waals surface area contributed by atoms with Crippen molar-refractivity contribution in [3.63, 3.8) is 0 Å². The van der Waals surface area contributed by atoms with Gasteiger partial charge in [0.2, 0.25) is 0 Å². The van der Waals surface area contributed by atoms with E-state index in [1.807, 2.05) is 0 Å². The maximum Gasteiger partial charge on any atom is 0.407 e. The SMILES string of the molecule is CC(C)(C)OC(=O)NCC1(F)CCC1. The first-order valence-electron chi connectivity index (χ1n) is 4.97. The van der Waals surface area contributed by atoms with E-state index in [-0.39, 0.29) is 6.54 Å². The largest absolute Gasteiger partial charge is 0.444 e. The molecule has 1 fully saturated rings. The van der Waals surface area contributed by atoms with Gasteiger partial charge in [0.05, 0.1) is 6.54 Å². The van der Waals surface area contributed by atoms with Crippen molar-refractivity contribution in [1.29, 1.82) is 0 Å². The monoisotopic (exact) mass is 203 g/mol. The minimum Gasteiger partial charge on any atom is -0.444 e. The third kappa shape index (κ3) is 3.52. The smallest absolute Gasteiger partial charge is 0.407 e. The van der Waals surface area contributed by atoms with Gasteiger partial charge in [0.25, 0.3) is 0 Å². The fourth-order valence-corrected chi connectivity index (χ4v) is 1.28. The highest BCUT2D eigenvalue weighted by Crippen LogP contribution is 2.34. The van der Waals surface area contributed by atoms with Crippen LogP contribution in [0.25, 0.3) is 0 Å². The molecule has 4 heteroatoms. The Balaban J connectivity index is 2.21. The van der Waals surface area contributed by atoms with Crippen LogP contribution in [-0.4, -0.2) is 23.9 Å². The van der Waals surface area contributed by atoms with Gasteiger partial charge in [-0.15, -0.1) is 0 Å². The van der Waals surface area contributed by atoms with Crippen molar-refractivity contribution in [2.75, 3.05) is 6.54 Å². The normalized spacial score (nSPS) is 19.7. The van der Waals surface area contributed by atoms with Gasteiger partial charge in [0.1, 0.15) is 11.3 Å². The molecular formula is C10H18FNO2. The Hall–Kier alpha value is -0.800. The Kier molecular flexibility index (Phi) is 3.02. The molecule has 1 aliphatic rings. The molecule has 1 aliphatic carbocycles. The second-order valence-electron chi connectivity index (χ2n) is 4.86. The first-order chi connectivity index (χ1) is 6.31. The van der Waals surface area contributed by atoms with Crippen molar-refractivity contribution >= 4 is 6.09 Å². The molecule has 0 atom stereocenters. The highest BCUT2D eigenvalue weighted by molar-refractivity contribution is 5.67. The Bertz CT molecular complexity index is 219. The zero-order valence-electron chi connectivity index (χ0n) is 9.02. The lowest BCUT2D eigenvalue weighted by molar-refractivity contribution is 0.0341. The minimum atomic E-state index is -1.18. The average molecular weight is 203 g/mol. The summed E-state index contributed by atoms with van der Waals surface area (Å²) in [7, 11) is 0. The molecule has 0 unspecified atom stereocenters. The van der Waals surface area contributed by atoms with Gasteiger partial charge >= 0.3 is 6.09 Å². The maximum absolute atomic E-state index is 13.4. The number of rotatable bonds is 2. The Morgan fingerprint density at radius 1 is 1.50 bits per heavy atom. The van der Waals surface area contributed by atoms with Crippen molar-refractivity contribution in [2.45, 2.75) is 51.3 Å². The van der Waals surface area contributed by atoms with E-state index in [4.69, 9.17) is 4.74 Å². The summed E-state index contributed by atoms with van der Waals surface area (Å²) in [5, 5.41) is 2.45. The van der Waals surface area contributed by atoms with E-state index in [1.165, 1.54) is 0 Å². The summed E-state index contributed by atoms with van der Waals surface area (Å²) in [5.74, 6) is 0. The number of nitrogens with one attached hydrogen (secondary N) is 1. The number of alkyl halides is 1. The van der Waals surface area contributed by atoms with E-state index in [2.05, 4.69) is 5.32 Å². The third-order valence-electron chi connectivity index (χ3n) is 2.20. The van der Waals surface area contributed by atoms with E-state index in [0.717, 1.165) is 6.42 Å². The zero-order valence-corrected chi connectivity index (χ0v) is 9.02. The predicted molar refractivity (Wildman–Crippen MR) is 51.9 cm³/mol. The van der Waals surface area contributed by atoms with Gasteiger partial charge in [-0.1, -0.05) is 0 Å². The lowest BCUT2D eigenvalue weighted by Crippen LogP contribution is -2.45. The molecule has 0 heterocycles. The molecule has 14 heavy (non-hydrogen) atoms. The minimum absolute atomic E-state index is 0.0713. The van der Waals surface area contributed by atoms with Crippen LogP contribution in [0.5, 0.6) is 0 Å². The van der Waals surface area contributed by atoms with E-state index < -0.39 is 17.4 Å². The number of carbonyl (C=O) groups excluding carboxylic acids is 1. The number of halogens is 1. The van der Waals surface area contributed by atoms with Crippen LogP contribution in [-0.2, 0) is 4.74 Å². The molecule has 1 N–H and O–H groups in total. The molecule has 0 radical (unpaired) electrons. The Labute approximate surface area is 84.0 Å². The van der Waals surface area contributed by atoms with Gasteiger partial charge < -0.3 is 10.1 Å².